The Morgan fingerprint density at radius 1 is 1.18 bits per heavy atom. The average Bonchev–Trinajstić information content (AvgIpc) is 2.74. The highest BCUT2D eigenvalue weighted by atomic mass is 16.5. The van der Waals surface area contributed by atoms with Crippen molar-refractivity contribution in [2.45, 2.75) is 32.2 Å². The van der Waals surface area contributed by atoms with Gasteiger partial charge in [-0.25, -0.2) is 0 Å². The van der Waals surface area contributed by atoms with Crippen LogP contribution in [0.2, 0.25) is 0 Å². The van der Waals surface area contributed by atoms with Gasteiger partial charge >= 0.3 is 5.97 Å². The molecular formula is C21H32N4O3. The molecule has 2 N–H and O–H groups in total. The van der Waals surface area contributed by atoms with Crippen LogP contribution in [0, 0.1) is 0 Å². The second-order valence-electron chi connectivity index (χ2n) is 7.37. The first kappa shape index (κ1) is 20.6. The van der Waals surface area contributed by atoms with E-state index in [0.29, 0.717) is 31.2 Å². The molecule has 3 rings (SSSR count). The molecule has 0 bridgehead atoms. The van der Waals surface area contributed by atoms with Crippen molar-refractivity contribution in [3.05, 3.63) is 29.8 Å². The van der Waals surface area contributed by atoms with Gasteiger partial charge in [0, 0.05) is 50.0 Å². The first-order chi connectivity index (χ1) is 13.7. The molecule has 1 amide bonds. The molecule has 7 heteroatoms. The summed E-state index contributed by atoms with van der Waals surface area (Å²) in [5, 5.41) is 6.61. The molecule has 2 aliphatic heterocycles. The number of ether oxygens (including phenoxy) is 1. The highest BCUT2D eigenvalue weighted by molar-refractivity contribution is 5.95. The summed E-state index contributed by atoms with van der Waals surface area (Å²) in [5.41, 5.74) is 1.54. The predicted octanol–water partition coefficient (Wildman–Crippen LogP) is 1.56. The van der Waals surface area contributed by atoms with Crippen molar-refractivity contribution in [2.75, 3.05) is 57.7 Å². The number of piperazine rings is 1. The fourth-order valence-corrected chi connectivity index (χ4v) is 3.95. The molecule has 28 heavy (non-hydrogen) atoms. The molecule has 1 aromatic carbocycles. The third kappa shape index (κ3) is 5.69. The number of esters is 1. The van der Waals surface area contributed by atoms with Crippen LogP contribution in [-0.2, 0) is 9.53 Å². The first-order valence-corrected chi connectivity index (χ1v) is 10.4. The van der Waals surface area contributed by atoms with Crippen LogP contribution in [0.15, 0.2) is 24.3 Å². The summed E-state index contributed by atoms with van der Waals surface area (Å²) < 4.78 is 4.93. The van der Waals surface area contributed by atoms with E-state index in [-0.39, 0.29) is 11.9 Å². The van der Waals surface area contributed by atoms with E-state index >= 15 is 0 Å². The number of benzene rings is 1. The van der Waals surface area contributed by atoms with Gasteiger partial charge in [-0.2, -0.15) is 0 Å². The van der Waals surface area contributed by atoms with Crippen molar-refractivity contribution in [1.29, 1.82) is 0 Å². The monoisotopic (exact) mass is 388 g/mol. The zero-order valence-corrected chi connectivity index (χ0v) is 16.8. The van der Waals surface area contributed by atoms with Crippen molar-refractivity contribution in [3.63, 3.8) is 0 Å². The average molecular weight is 389 g/mol. The minimum atomic E-state index is -0.214. The molecule has 154 valence electrons. The lowest BCUT2D eigenvalue weighted by Crippen LogP contribution is -2.53. The second kappa shape index (κ2) is 10.4. The van der Waals surface area contributed by atoms with E-state index in [9.17, 15) is 9.59 Å². The maximum Gasteiger partial charge on any atom is 0.307 e. The van der Waals surface area contributed by atoms with Gasteiger partial charge < -0.3 is 20.3 Å². The van der Waals surface area contributed by atoms with E-state index in [1.807, 2.05) is 29.2 Å². The minimum Gasteiger partial charge on any atom is -0.466 e. The van der Waals surface area contributed by atoms with E-state index in [1.165, 1.54) is 12.8 Å². The molecular weight excluding hydrogens is 356 g/mol. The fraction of sp³-hybridized carbons (Fsp3) is 0.619. The number of piperidine rings is 1. The van der Waals surface area contributed by atoms with Gasteiger partial charge in [0.05, 0.1) is 13.0 Å². The van der Waals surface area contributed by atoms with Crippen LogP contribution in [0.25, 0.3) is 0 Å². The van der Waals surface area contributed by atoms with Crippen LogP contribution in [0.4, 0.5) is 5.69 Å². The normalized spacial score (nSPS) is 18.7. The van der Waals surface area contributed by atoms with Gasteiger partial charge in [0.15, 0.2) is 0 Å². The summed E-state index contributed by atoms with van der Waals surface area (Å²) in [6, 6.07) is 8.18. The smallest absolute Gasteiger partial charge is 0.307 e. The van der Waals surface area contributed by atoms with Crippen LogP contribution >= 0.6 is 0 Å². The number of hydrogen-bond donors (Lipinski definition) is 2. The fourth-order valence-electron chi connectivity index (χ4n) is 3.95. The molecule has 1 aromatic rings. The van der Waals surface area contributed by atoms with Gasteiger partial charge in [0.25, 0.3) is 5.91 Å². The van der Waals surface area contributed by atoms with E-state index in [4.69, 9.17) is 4.74 Å². The van der Waals surface area contributed by atoms with Gasteiger partial charge in [0.2, 0.25) is 0 Å². The number of nitrogens with one attached hydrogen (secondary N) is 2. The summed E-state index contributed by atoms with van der Waals surface area (Å²) in [7, 11) is 0. The lowest BCUT2D eigenvalue weighted by molar-refractivity contribution is -0.142. The number of hydrogen-bond acceptors (Lipinski definition) is 6. The third-order valence-electron chi connectivity index (χ3n) is 5.50. The Hall–Kier alpha value is -2.12. The summed E-state index contributed by atoms with van der Waals surface area (Å²) in [6.45, 7) is 8.35. The molecule has 2 fully saturated rings. The zero-order chi connectivity index (χ0) is 19.8. The van der Waals surface area contributed by atoms with Crippen molar-refractivity contribution in [2.24, 2.45) is 0 Å². The Morgan fingerprint density at radius 2 is 1.93 bits per heavy atom. The SMILES string of the molecule is CCOC(=O)CCNc1cccc(C(=O)N2CCN(C3CCNCC3)CC2)c1. The molecule has 0 spiro atoms. The number of nitrogens with zero attached hydrogens (tertiary/aromatic N) is 2. The van der Waals surface area contributed by atoms with E-state index in [0.717, 1.165) is 45.0 Å². The van der Waals surface area contributed by atoms with Crippen LogP contribution in [0.1, 0.15) is 36.5 Å². The number of anilines is 1. The van der Waals surface area contributed by atoms with E-state index < -0.39 is 0 Å². The van der Waals surface area contributed by atoms with Crippen LogP contribution < -0.4 is 10.6 Å². The van der Waals surface area contributed by atoms with E-state index in [1.54, 1.807) is 6.92 Å². The Bertz CT molecular complexity index is 653. The zero-order valence-electron chi connectivity index (χ0n) is 16.8. The van der Waals surface area contributed by atoms with Crippen LogP contribution in [0.5, 0.6) is 0 Å². The molecule has 0 atom stereocenters. The highest BCUT2D eigenvalue weighted by Gasteiger charge is 2.27. The highest BCUT2D eigenvalue weighted by Crippen LogP contribution is 2.17. The molecule has 2 saturated heterocycles. The van der Waals surface area contributed by atoms with Gasteiger partial charge in [-0.3, -0.25) is 14.5 Å². The topological polar surface area (TPSA) is 73.9 Å². The largest absolute Gasteiger partial charge is 0.466 e. The first-order valence-electron chi connectivity index (χ1n) is 10.4. The van der Waals surface area contributed by atoms with Gasteiger partial charge in [-0.05, 0) is 51.1 Å². The molecule has 0 unspecified atom stereocenters. The van der Waals surface area contributed by atoms with Crippen LogP contribution in [0.3, 0.4) is 0 Å². The molecule has 0 saturated carbocycles. The Labute approximate surface area is 167 Å². The molecule has 2 heterocycles. The second-order valence-corrected chi connectivity index (χ2v) is 7.37. The maximum atomic E-state index is 12.9. The Morgan fingerprint density at radius 3 is 2.64 bits per heavy atom. The van der Waals surface area contributed by atoms with Gasteiger partial charge in [0.1, 0.15) is 0 Å². The summed E-state index contributed by atoms with van der Waals surface area (Å²) in [4.78, 5) is 28.8. The molecule has 2 aliphatic rings. The lowest BCUT2D eigenvalue weighted by Gasteiger charge is -2.40. The maximum absolute atomic E-state index is 12.9. The molecule has 7 nitrogen and oxygen atoms in total. The van der Waals surface area contributed by atoms with Crippen LogP contribution in [-0.4, -0.2) is 80.1 Å². The molecule has 0 aliphatic carbocycles. The number of amides is 1. The Kier molecular flexibility index (Phi) is 7.68. The quantitative estimate of drug-likeness (QED) is 0.691. The summed E-state index contributed by atoms with van der Waals surface area (Å²) >= 11 is 0. The summed E-state index contributed by atoms with van der Waals surface area (Å²) in [6.07, 6.45) is 2.71. The van der Waals surface area contributed by atoms with Crippen molar-refractivity contribution in [3.8, 4) is 0 Å². The predicted molar refractivity (Wildman–Crippen MR) is 110 cm³/mol. The minimum absolute atomic E-state index is 0.0824. The van der Waals surface area contributed by atoms with Crippen molar-refractivity contribution >= 4 is 17.6 Å². The number of rotatable bonds is 7. The van der Waals surface area contributed by atoms with Gasteiger partial charge in [-0.1, -0.05) is 6.07 Å². The standard InChI is InChI=1S/C21H32N4O3/c1-2-28-20(26)8-11-23-18-5-3-4-17(16-18)21(27)25-14-12-24(13-15-25)19-6-9-22-10-7-19/h3-5,16,19,22-23H,2,6-15H2,1H3. The third-order valence-corrected chi connectivity index (χ3v) is 5.50. The van der Waals surface area contributed by atoms with E-state index in [2.05, 4.69) is 15.5 Å². The molecule has 0 radical (unpaired) electrons. The number of carbonyl (C=O) groups excluding carboxylic acids is 2. The van der Waals surface area contributed by atoms with Crippen molar-refractivity contribution in [1.82, 2.24) is 15.1 Å². The Balaban J connectivity index is 1.48. The van der Waals surface area contributed by atoms with Gasteiger partial charge in [-0.15, -0.1) is 0 Å². The summed E-state index contributed by atoms with van der Waals surface area (Å²) in [5.74, 6) is -0.132. The lowest BCUT2D eigenvalue weighted by atomic mass is 10.0. The van der Waals surface area contributed by atoms with Crippen molar-refractivity contribution < 1.29 is 14.3 Å². The number of carbonyl (C=O) groups is 2. The molecule has 0 aromatic heterocycles.